The number of ether oxygens (including phenoxy) is 1. The Morgan fingerprint density at radius 2 is 1.92 bits per heavy atom. The van der Waals surface area contributed by atoms with Gasteiger partial charge in [0.15, 0.2) is 0 Å². The average Bonchev–Trinajstić information content (AvgIpc) is 3.17. The van der Waals surface area contributed by atoms with Crippen molar-refractivity contribution in [2.24, 2.45) is 0 Å². The Morgan fingerprint density at radius 3 is 2.64 bits per heavy atom. The van der Waals surface area contributed by atoms with Crippen molar-refractivity contribution in [1.29, 1.82) is 0 Å². The smallest absolute Gasteiger partial charge is 0.224 e. The van der Waals surface area contributed by atoms with E-state index in [-0.39, 0.29) is 5.91 Å². The van der Waals surface area contributed by atoms with Crippen molar-refractivity contribution < 1.29 is 9.53 Å². The van der Waals surface area contributed by atoms with E-state index in [0.29, 0.717) is 18.1 Å². The highest BCUT2D eigenvalue weighted by atomic mass is 16.5. The Morgan fingerprint density at radius 1 is 1.16 bits per heavy atom. The number of hydrogen-bond acceptors (Lipinski definition) is 4. The van der Waals surface area contributed by atoms with Crippen LogP contribution in [0.25, 0.3) is 5.82 Å². The first-order valence-corrected chi connectivity index (χ1v) is 8.28. The fourth-order valence-electron chi connectivity index (χ4n) is 2.30. The van der Waals surface area contributed by atoms with Gasteiger partial charge in [0.1, 0.15) is 17.9 Å². The van der Waals surface area contributed by atoms with Crippen molar-refractivity contribution in [3.8, 4) is 17.4 Å². The Hall–Kier alpha value is -3.15. The second-order valence-corrected chi connectivity index (χ2v) is 5.58. The summed E-state index contributed by atoms with van der Waals surface area (Å²) in [5.41, 5.74) is 0.754. The molecule has 6 nitrogen and oxygen atoms in total. The molecule has 0 spiro atoms. The number of carbonyl (C=O) groups is 1. The number of anilines is 1. The fraction of sp³-hybridized carbons (Fsp3) is 0.211. The van der Waals surface area contributed by atoms with Crippen LogP contribution in [-0.2, 0) is 4.79 Å². The molecular formula is C19H20N4O2. The lowest BCUT2D eigenvalue weighted by atomic mass is 10.2. The Labute approximate surface area is 146 Å². The maximum atomic E-state index is 11.7. The molecule has 1 N–H and O–H groups in total. The van der Waals surface area contributed by atoms with Crippen molar-refractivity contribution >= 4 is 11.6 Å². The largest absolute Gasteiger partial charge is 0.439 e. The van der Waals surface area contributed by atoms with Gasteiger partial charge in [-0.3, -0.25) is 4.79 Å². The first-order chi connectivity index (χ1) is 12.2. The van der Waals surface area contributed by atoms with Gasteiger partial charge in [-0.25, -0.2) is 9.97 Å². The molecule has 2 aromatic heterocycles. The van der Waals surface area contributed by atoms with Crippen LogP contribution in [0, 0.1) is 0 Å². The van der Waals surface area contributed by atoms with Gasteiger partial charge in [0, 0.05) is 30.6 Å². The van der Waals surface area contributed by atoms with Crippen LogP contribution in [0.5, 0.6) is 11.6 Å². The predicted molar refractivity (Wildman–Crippen MR) is 96.0 cm³/mol. The zero-order valence-corrected chi connectivity index (χ0v) is 14.1. The van der Waals surface area contributed by atoms with E-state index in [1.165, 1.54) is 6.33 Å². The molecule has 0 aliphatic carbocycles. The minimum absolute atomic E-state index is 0.0303. The molecule has 0 unspecified atom stereocenters. The summed E-state index contributed by atoms with van der Waals surface area (Å²) >= 11 is 0. The number of benzene rings is 1. The first-order valence-electron chi connectivity index (χ1n) is 8.28. The van der Waals surface area contributed by atoms with Crippen molar-refractivity contribution in [2.75, 3.05) is 5.32 Å². The standard InChI is InChI=1S/C19H20N4O2/c1-2-3-6-18(24)22-15-7-9-16(10-8-15)25-19-13-17(20-14-21-19)23-11-4-5-12-23/h4-5,7-14H,2-3,6H2,1H3,(H,22,24). The summed E-state index contributed by atoms with van der Waals surface area (Å²) in [5, 5.41) is 2.87. The van der Waals surface area contributed by atoms with Crippen molar-refractivity contribution in [3.63, 3.8) is 0 Å². The van der Waals surface area contributed by atoms with Crippen LogP contribution < -0.4 is 10.1 Å². The third-order valence-corrected chi connectivity index (χ3v) is 3.61. The third kappa shape index (κ3) is 4.67. The average molecular weight is 336 g/mol. The number of nitrogens with zero attached hydrogens (tertiary/aromatic N) is 3. The molecule has 6 heteroatoms. The van der Waals surface area contributed by atoms with Gasteiger partial charge in [0.05, 0.1) is 0 Å². The molecule has 0 saturated carbocycles. The van der Waals surface area contributed by atoms with E-state index in [1.54, 1.807) is 18.2 Å². The molecule has 0 fully saturated rings. The third-order valence-electron chi connectivity index (χ3n) is 3.61. The van der Waals surface area contributed by atoms with Gasteiger partial charge >= 0.3 is 0 Å². The highest BCUT2D eigenvalue weighted by Crippen LogP contribution is 2.22. The Bertz CT molecular complexity index is 814. The summed E-state index contributed by atoms with van der Waals surface area (Å²) < 4.78 is 7.64. The number of nitrogens with one attached hydrogen (secondary N) is 1. The van der Waals surface area contributed by atoms with Gasteiger partial charge in [-0.05, 0) is 42.8 Å². The van der Waals surface area contributed by atoms with Gasteiger partial charge in [0.2, 0.25) is 11.8 Å². The quantitative estimate of drug-likeness (QED) is 0.702. The summed E-state index contributed by atoms with van der Waals surface area (Å²) in [4.78, 5) is 20.1. The molecule has 128 valence electrons. The van der Waals surface area contributed by atoms with Crippen LogP contribution in [0.3, 0.4) is 0 Å². The topological polar surface area (TPSA) is 69.0 Å². The van der Waals surface area contributed by atoms with Crippen LogP contribution in [0.2, 0.25) is 0 Å². The second-order valence-electron chi connectivity index (χ2n) is 5.58. The molecule has 0 radical (unpaired) electrons. The molecule has 3 rings (SSSR count). The van der Waals surface area contributed by atoms with Gasteiger partial charge in [-0.1, -0.05) is 13.3 Å². The Kier molecular flexibility index (Phi) is 5.41. The lowest BCUT2D eigenvalue weighted by Gasteiger charge is -2.08. The zero-order valence-electron chi connectivity index (χ0n) is 14.1. The highest BCUT2D eigenvalue weighted by Gasteiger charge is 2.05. The zero-order chi connectivity index (χ0) is 17.5. The van der Waals surface area contributed by atoms with E-state index in [0.717, 1.165) is 24.3 Å². The molecule has 25 heavy (non-hydrogen) atoms. The molecule has 1 aromatic carbocycles. The maximum Gasteiger partial charge on any atom is 0.224 e. The van der Waals surface area contributed by atoms with Crippen LogP contribution in [0.1, 0.15) is 26.2 Å². The van der Waals surface area contributed by atoms with Crippen molar-refractivity contribution in [1.82, 2.24) is 14.5 Å². The van der Waals surface area contributed by atoms with E-state index in [2.05, 4.69) is 22.2 Å². The monoisotopic (exact) mass is 336 g/mol. The molecule has 1 amide bonds. The number of hydrogen-bond donors (Lipinski definition) is 1. The van der Waals surface area contributed by atoms with Gasteiger partial charge < -0.3 is 14.6 Å². The molecule has 0 aliphatic rings. The SMILES string of the molecule is CCCCC(=O)Nc1ccc(Oc2cc(-n3cccc3)ncn2)cc1. The van der Waals surface area contributed by atoms with Crippen LogP contribution >= 0.6 is 0 Å². The summed E-state index contributed by atoms with van der Waals surface area (Å²) in [7, 11) is 0. The molecule has 0 saturated heterocycles. The number of aromatic nitrogens is 3. The maximum absolute atomic E-state index is 11.7. The lowest BCUT2D eigenvalue weighted by Crippen LogP contribution is -2.10. The highest BCUT2D eigenvalue weighted by molar-refractivity contribution is 5.90. The van der Waals surface area contributed by atoms with E-state index in [1.807, 2.05) is 41.2 Å². The van der Waals surface area contributed by atoms with Gasteiger partial charge in [-0.15, -0.1) is 0 Å². The summed E-state index contributed by atoms with van der Waals surface area (Å²) in [6.07, 6.45) is 7.71. The summed E-state index contributed by atoms with van der Waals surface area (Å²) in [5.74, 6) is 1.86. The Balaban J connectivity index is 1.64. The molecular weight excluding hydrogens is 316 g/mol. The molecule has 0 atom stereocenters. The molecule has 2 heterocycles. The van der Waals surface area contributed by atoms with Crippen molar-refractivity contribution in [2.45, 2.75) is 26.2 Å². The lowest BCUT2D eigenvalue weighted by molar-refractivity contribution is -0.116. The van der Waals surface area contributed by atoms with E-state index < -0.39 is 0 Å². The van der Waals surface area contributed by atoms with Gasteiger partial charge in [-0.2, -0.15) is 0 Å². The molecule has 0 aliphatic heterocycles. The predicted octanol–water partition coefficient (Wildman–Crippen LogP) is 4.19. The van der Waals surface area contributed by atoms with E-state index in [4.69, 9.17) is 4.74 Å². The first kappa shape index (κ1) is 16.7. The second kappa shape index (κ2) is 8.10. The van der Waals surface area contributed by atoms with Crippen LogP contribution in [0.4, 0.5) is 5.69 Å². The summed E-state index contributed by atoms with van der Waals surface area (Å²) in [6.45, 7) is 2.06. The number of amides is 1. The van der Waals surface area contributed by atoms with Crippen LogP contribution in [0.15, 0.2) is 61.2 Å². The number of carbonyl (C=O) groups excluding carboxylic acids is 1. The number of unbranched alkanes of at least 4 members (excludes halogenated alkanes) is 1. The van der Waals surface area contributed by atoms with Crippen molar-refractivity contribution in [3.05, 3.63) is 61.2 Å². The van der Waals surface area contributed by atoms with Gasteiger partial charge in [0.25, 0.3) is 0 Å². The van der Waals surface area contributed by atoms with Crippen LogP contribution in [-0.4, -0.2) is 20.4 Å². The van der Waals surface area contributed by atoms with E-state index >= 15 is 0 Å². The van der Waals surface area contributed by atoms with E-state index in [9.17, 15) is 4.79 Å². The minimum atomic E-state index is 0.0303. The fourth-order valence-corrected chi connectivity index (χ4v) is 2.30. The molecule has 3 aromatic rings. The minimum Gasteiger partial charge on any atom is -0.439 e. The summed E-state index contributed by atoms with van der Waals surface area (Å²) in [6, 6.07) is 12.8. The number of rotatable bonds is 7. The molecule has 0 bridgehead atoms. The normalized spacial score (nSPS) is 10.4.